The summed E-state index contributed by atoms with van der Waals surface area (Å²) in [7, 11) is 0. The van der Waals surface area contributed by atoms with Gasteiger partial charge in [-0.2, -0.15) is 0 Å². The van der Waals surface area contributed by atoms with Crippen LogP contribution >= 0.6 is 0 Å². The molecule has 24 heavy (non-hydrogen) atoms. The van der Waals surface area contributed by atoms with Crippen molar-refractivity contribution in [1.29, 1.82) is 0 Å². The number of nitrogens with two attached hydrogens (primary N) is 1. The van der Waals surface area contributed by atoms with Gasteiger partial charge in [0.2, 0.25) is 0 Å². The molecule has 1 aliphatic carbocycles. The summed E-state index contributed by atoms with van der Waals surface area (Å²) in [5.41, 5.74) is 5.62. The summed E-state index contributed by atoms with van der Waals surface area (Å²) in [4.78, 5) is 10.6. The topological polar surface area (TPSA) is 67.2 Å². The Morgan fingerprint density at radius 2 is 2.12 bits per heavy atom. The maximum absolute atomic E-state index is 13.7. The van der Waals surface area contributed by atoms with Crippen LogP contribution in [0, 0.1) is 23.7 Å². The van der Waals surface area contributed by atoms with Crippen molar-refractivity contribution in [3.63, 3.8) is 0 Å². The molecule has 1 heterocycles. The zero-order valence-corrected chi connectivity index (χ0v) is 15.2. The quantitative estimate of drug-likeness (QED) is 0.361. The number of nitrogens with one attached hydrogen (secondary N) is 2. The Kier molecular flexibility index (Phi) is 7.38. The lowest BCUT2D eigenvalue weighted by Gasteiger charge is -2.35. The molecule has 1 saturated heterocycles. The fraction of sp³-hybridized carbons (Fsp3) is 0.842. The fourth-order valence-electron chi connectivity index (χ4n) is 4.38. The van der Waals surface area contributed by atoms with Crippen molar-refractivity contribution in [2.75, 3.05) is 6.54 Å². The van der Waals surface area contributed by atoms with Gasteiger partial charge in [0.1, 0.15) is 12.3 Å². The van der Waals surface area contributed by atoms with Gasteiger partial charge in [-0.05, 0) is 62.8 Å². The first-order valence-electron chi connectivity index (χ1n) is 9.45. The Hall–Kier alpha value is -0.780. The van der Waals surface area contributed by atoms with Crippen molar-refractivity contribution in [1.82, 2.24) is 10.6 Å². The van der Waals surface area contributed by atoms with Crippen LogP contribution in [-0.4, -0.2) is 37.3 Å². The molecule has 2 rings (SSSR count). The number of hydrogen-bond donors (Lipinski definition) is 3. The van der Waals surface area contributed by atoms with E-state index in [4.69, 9.17) is 5.73 Å². The van der Waals surface area contributed by atoms with Crippen LogP contribution in [0.15, 0.2) is 12.2 Å². The van der Waals surface area contributed by atoms with Crippen molar-refractivity contribution in [3.05, 3.63) is 12.2 Å². The van der Waals surface area contributed by atoms with Crippen molar-refractivity contribution in [2.24, 2.45) is 29.4 Å². The summed E-state index contributed by atoms with van der Waals surface area (Å²) in [6, 6.07) is 0.703. The van der Waals surface area contributed by atoms with E-state index in [1.807, 2.05) is 6.92 Å². The molecular weight excluding hydrogens is 305 g/mol. The predicted molar refractivity (Wildman–Crippen MR) is 96.2 cm³/mol. The average Bonchev–Trinajstić information content (AvgIpc) is 3.04. The molecule has 0 spiro atoms. The molecule has 138 valence electrons. The third kappa shape index (κ3) is 5.11. The van der Waals surface area contributed by atoms with Gasteiger partial charge in [0.25, 0.3) is 0 Å². The molecule has 0 bridgehead atoms. The molecule has 5 heteroatoms. The second kappa shape index (κ2) is 9.07. The molecule has 0 aromatic heterocycles. The summed E-state index contributed by atoms with van der Waals surface area (Å²) in [5.74, 6) is 1.80. The van der Waals surface area contributed by atoms with Gasteiger partial charge >= 0.3 is 0 Å². The van der Waals surface area contributed by atoms with E-state index in [9.17, 15) is 9.18 Å². The van der Waals surface area contributed by atoms with Crippen LogP contribution in [0.3, 0.4) is 0 Å². The number of aldehydes is 1. The van der Waals surface area contributed by atoms with Gasteiger partial charge in [0.05, 0.1) is 0 Å². The third-order valence-electron chi connectivity index (χ3n) is 5.92. The molecule has 0 saturated carbocycles. The molecule has 8 unspecified atom stereocenters. The van der Waals surface area contributed by atoms with Gasteiger partial charge in [-0.25, -0.2) is 4.39 Å². The number of alkyl halides is 1. The standard InChI is InChI=1S/C19H34FN3O/c1-12(4-5-14(3)23-18(21)11-24)16-8-9-22-19(16)15-6-7-17(20)13(2)10-15/h6-7,11-19,22-23H,4-5,8-10,21H2,1-3H3. The summed E-state index contributed by atoms with van der Waals surface area (Å²) in [6.07, 6.45) is 7.49. The molecule has 0 aromatic carbocycles. The van der Waals surface area contributed by atoms with Crippen LogP contribution in [0.2, 0.25) is 0 Å². The number of rotatable bonds is 8. The SMILES string of the molecule is CC(CCC(C)C1CCNC1C1C=CC(F)C(C)C1)NC(N)C=O. The lowest BCUT2D eigenvalue weighted by Crippen LogP contribution is -2.44. The largest absolute Gasteiger partial charge is 0.313 e. The summed E-state index contributed by atoms with van der Waals surface area (Å²) in [5, 5.41) is 6.77. The van der Waals surface area contributed by atoms with Crippen molar-refractivity contribution in [2.45, 2.75) is 70.9 Å². The zero-order valence-electron chi connectivity index (χ0n) is 15.2. The maximum Gasteiger partial charge on any atom is 0.151 e. The van der Waals surface area contributed by atoms with Gasteiger partial charge in [-0.15, -0.1) is 0 Å². The second-order valence-electron chi connectivity index (χ2n) is 7.92. The van der Waals surface area contributed by atoms with E-state index in [1.165, 1.54) is 6.42 Å². The molecule has 1 aliphatic heterocycles. The number of carbonyl (C=O) groups excluding carboxylic acids is 1. The minimum Gasteiger partial charge on any atom is -0.313 e. The fourth-order valence-corrected chi connectivity index (χ4v) is 4.38. The lowest BCUT2D eigenvalue weighted by molar-refractivity contribution is -0.109. The first kappa shape index (κ1) is 19.5. The first-order chi connectivity index (χ1) is 11.4. The lowest BCUT2D eigenvalue weighted by atomic mass is 9.74. The Morgan fingerprint density at radius 1 is 1.38 bits per heavy atom. The third-order valence-corrected chi connectivity index (χ3v) is 5.92. The highest BCUT2D eigenvalue weighted by Crippen LogP contribution is 2.37. The Balaban J connectivity index is 1.85. The van der Waals surface area contributed by atoms with Crippen molar-refractivity contribution in [3.8, 4) is 0 Å². The molecule has 4 nitrogen and oxygen atoms in total. The highest BCUT2D eigenvalue weighted by atomic mass is 19.1. The molecule has 0 radical (unpaired) electrons. The van der Waals surface area contributed by atoms with Crippen LogP contribution in [0.4, 0.5) is 4.39 Å². The number of hydrogen-bond acceptors (Lipinski definition) is 4. The van der Waals surface area contributed by atoms with E-state index >= 15 is 0 Å². The smallest absolute Gasteiger partial charge is 0.151 e. The zero-order chi connectivity index (χ0) is 17.7. The normalized spacial score (nSPS) is 37.1. The van der Waals surface area contributed by atoms with E-state index in [0.29, 0.717) is 23.8 Å². The molecule has 1 fully saturated rings. The van der Waals surface area contributed by atoms with Gasteiger partial charge in [0.15, 0.2) is 6.29 Å². The Morgan fingerprint density at radius 3 is 2.79 bits per heavy atom. The molecule has 2 aliphatic rings. The Bertz CT molecular complexity index is 431. The van der Waals surface area contributed by atoms with E-state index in [1.54, 1.807) is 6.08 Å². The van der Waals surface area contributed by atoms with E-state index in [2.05, 4.69) is 30.6 Å². The van der Waals surface area contributed by atoms with Crippen LogP contribution in [0.1, 0.15) is 46.5 Å². The molecule has 0 aromatic rings. The summed E-state index contributed by atoms with van der Waals surface area (Å²) in [6.45, 7) is 7.47. The van der Waals surface area contributed by atoms with Gasteiger partial charge < -0.3 is 15.8 Å². The monoisotopic (exact) mass is 339 g/mol. The van der Waals surface area contributed by atoms with E-state index < -0.39 is 12.3 Å². The highest BCUT2D eigenvalue weighted by molar-refractivity contribution is 5.56. The second-order valence-corrected chi connectivity index (χ2v) is 7.92. The average molecular weight is 339 g/mol. The highest BCUT2D eigenvalue weighted by Gasteiger charge is 2.37. The van der Waals surface area contributed by atoms with Gasteiger partial charge in [-0.1, -0.05) is 26.0 Å². The maximum atomic E-state index is 13.7. The number of allylic oxidation sites excluding steroid dienone is 1. The summed E-state index contributed by atoms with van der Waals surface area (Å²) >= 11 is 0. The van der Waals surface area contributed by atoms with Crippen molar-refractivity contribution >= 4 is 6.29 Å². The predicted octanol–water partition coefficient (Wildman–Crippen LogP) is 2.39. The Labute approximate surface area is 145 Å². The minimum absolute atomic E-state index is 0.118. The van der Waals surface area contributed by atoms with Gasteiger partial charge in [-0.3, -0.25) is 5.32 Å². The van der Waals surface area contributed by atoms with Crippen molar-refractivity contribution < 1.29 is 9.18 Å². The molecule has 8 atom stereocenters. The number of carbonyl (C=O) groups is 1. The minimum atomic E-state index is -0.785. The van der Waals surface area contributed by atoms with Crippen LogP contribution in [0.25, 0.3) is 0 Å². The first-order valence-corrected chi connectivity index (χ1v) is 9.45. The molecule has 4 N–H and O–H groups in total. The number of halogens is 1. The van der Waals surface area contributed by atoms with Crippen LogP contribution in [-0.2, 0) is 4.79 Å². The molecular formula is C19H34FN3O. The van der Waals surface area contributed by atoms with Gasteiger partial charge in [0, 0.05) is 12.1 Å². The van der Waals surface area contributed by atoms with E-state index in [-0.39, 0.29) is 12.0 Å². The molecule has 0 amide bonds. The van der Waals surface area contributed by atoms with Crippen LogP contribution < -0.4 is 16.4 Å². The van der Waals surface area contributed by atoms with E-state index in [0.717, 1.165) is 32.1 Å². The van der Waals surface area contributed by atoms with Crippen LogP contribution in [0.5, 0.6) is 0 Å². The summed E-state index contributed by atoms with van der Waals surface area (Å²) < 4.78 is 13.7.